The lowest BCUT2D eigenvalue weighted by atomic mass is 9.97. The van der Waals surface area contributed by atoms with Crippen molar-refractivity contribution in [3.8, 4) is 0 Å². The van der Waals surface area contributed by atoms with E-state index in [1.807, 2.05) is 0 Å². The van der Waals surface area contributed by atoms with Gasteiger partial charge in [-0.05, 0) is 12.8 Å². The molecule has 0 radical (unpaired) electrons. The van der Waals surface area contributed by atoms with Gasteiger partial charge in [0, 0.05) is 31.0 Å². The van der Waals surface area contributed by atoms with Gasteiger partial charge in [-0.3, -0.25) is 0 Å². The lowest BCUT2D eigenvalue weighted by Gasteiger charge is -2.21. The summed E-state index contributed by atoms with van der Waals surface area (Å²) in [6, 6.07) is 0. The largest absolute Gasteiger partial charge is 0.476 e. The van der Waals surface area contributed by atoms with Crippen LogP contribution in [-0.2, 0) is 13.0 Å². The summed E-state index contributed by atoms with van der Waals surface area (Å²) in [5.41, 5.74) is 1.93. The van der Waals surface area contributed by atoms with Gasteiger partial charge in [-0.25, -0.2) is 14.8 Å². The van der Waals surface area contributed by atoms with Gasteiger partial charge in [0.05, 0.1) is 5.69 Å². The number of hydrogen-bond donors (Lipinski definition) is 2. The third-order valence-electron chi connectivity index (χ3n) is 4.37. The number of aromatic nitrogens is 2. The van der Waals surface area contributed by atoms with E-state index >= 15 is 0 Å². The standard InChI is InChI=1S/C15H21N3O2/c19-15(20)13-11-9-16-8-7-12(11)17-14(18-13)10-5-3-1-2-4-6-10/h10,16H,1-9H2,(H,19,20). The van der Waals surface area contributed by atoms with Crippen molar-refractivity contribution in [2.45, 2.75) is 57.4 Å². The van der Waals surface area contributed by atoms with E-state index in [1.54, 1.807) is 0 Å². The van der Waals surface area contributed by atoms with Crippen molar-refractivity contribution in [3.63, 3.8) is 0 Å². The van der Waals surface area contributed by atoms with Gasteiger partial charge in [-0.1, -0.05) is 25.7 Å². The van der Waals surface area contributed by atoms with Gasteiger partial charge < -0.3 is 10.4 Å². The number of carbonyl (C=O) groups is 1. The number of nitrogens with one attached hydrogen (secondary N) is 1. The molecule has 1 aliphatic heterocycles. The summed E-state index contributed by atoms with van der Waals surface area (Å²) in [5.74, 6) is 0.183. The van der Waals surface area contributed by atoms with Crippen LogP contribution < -0.4 is 5.32 Å². The van der Waals surface area contributed by atoms with Crippen LogP contribution in [0.15, 0.2) is 0 Å². The average Bonchev–Trinajstić information content (AvgIpc) is 2.75. The van der Waals surface area contributed by atoms with E-state index in [0.29, 0.717) is 12.5 Å². The maximum absolute atomic E-state index is 11.5. The molecule has 0 amide bonds. The molecule has 5 nitrogen and oxygen atoms in total. The molecule has 1 aliphatic carbocycles. The molecule has 1 fully saturated rings. The summed E-state index contributed by atoms with van der Waals surface area (Å²) < 4.78 is 0. The second kappa shape index (κ2) is 5.87. The Labute approximate surface area is 118 Å². The van der Waals surface area contributed by atoms with Crippen LogP contribution in [0, 0.1) is 0 Å². The van der Waals surface area contributed by atoms with E-state index in [0.717, 1.165) is 42.9 Å². The molecule has 1 saturated carbocycles. The molecule has 0 saturated heterocycles. The molecule has 108 valence electrons. The minimum absolute atomic E-state index is 0.210. The van der Waals surface area contributed by atoms with Crippen LogP contribution in [0.5, 0.6) is 0 Å². The van der Waals surface area contributed by atoms with Crippen LogP contribution in [0.2, 0.25) is 0 Å². The normalized spacial score (nSPS) is 20.2. The first-order valence-corrected chi connectivity index (χ1v) is 7.59. The molecule has 5 heteroatoms. The molecular weight excluding hydrogens is 254 g/mol. The highest BCUT2D eigenvalue weighted by atomic mass is 16.4. The molecule has 3 rings (SSSR count). The van der Waals surface area contributed by atoms with Crippen LogP contribution >= 0.6 is 0 Å². The summed E-state index contributed by atoms with van der Waals surface area (Å²) in [5, 5.41) is 12.6. The molecule has 0 spiro atoms. The van der Waals surface area contributed by atoms with E-state index in [9.17, 15) is 9.90 Å². The molecule has 1 aromatic rings. The van der Waals surface area contributed by atoms with Crippen LogP contribution in [0.25, 0.3) is 0 Å². The zero-order chi connectivity index (χ0) is 13.9. The van der Waals surface area contributed by atoms with E-state index in [4.69, 9.17) is 4.98 Å². The topological polar surface area (TPSA) is 75.1 Å². The lowest BCUT2D eigenvalue weighted by molar-refractivity contribution is 0.0687. The van der Waals surface area contributed by atoms with E-state index in [2.05, 4.69) is 10.3 Å². The van der Waals surface area contributed by atoms with Crippen LogP contribution in [0.3, 0.4) is 0 Å². The number of fused-ring (bicyclic) bond motifs is 1. The first kappa shape index (κ1) is 13.5. The predicted molar refractivity (Wildman–Crippen MR) is 74.8 cm³/mol. The fourth-order valence-corrected chi connectivity index (χ4v) is 3.26. The Morgan fingerprint density at radius 2 is 1.90 bits per heavy atom. The SMILES string of the molecule is O=C(O)c1nc(C2CCCCCC2)nc2c1CNCC2. The highest BCUT2D eigenvalue weighted by Gasteiger charge is 2.25. The van der Waals surface area contributed by atoms with Gasteiger partial charge in [-0.15, -0.1) is 0 Å². The van der Waals surface area contributed by atoms with Crippen LogP contribution in [-0.4, -0.2) is 27.6 Å². The van der Waals surface area contributed by atoms with Gasteiger partial charge in [-0.2, -0.15) is 0 Å². The molecule has 1 aromatic heterocycles. The predicted octanol–water partition coefficient (Wildman–Crippen LogP) is 2.26. The molecule has 0 bridgehead atoms. The Morgan fingerprint density at radius 3 is 2.60 bits per heavy atom. The second-order valence-corrected chi connectivity index (χ2v) is 5.78. The van der Waals surface area contributed by atoms with Gasteiger partial charge >= 0.3 is 5.97 Å². The Kier molecular flexibility index (Phi) is 3.96. The summed E-state index contributed by atoms with van der Waals surface area (Å²) in [4.78, 5) is 20.6. The Morgan fingerprint density at radius 1 is 1.15 bits per heavy atom. The molecule has 20 heavy (non-hydrogen) atoms. The smallest absolute Gasteiger partial charge is 0.354 e. The summed E-state index contributed by atoms with van der Waals surface area (Å²) in [7, 11) is 0. The van der Waals surface area contributed by atoms with E-state index in [1.165, 1.54) is 25.7 Å². The van der Waals surface area contributed by atoms with E-state index in [-0.39, 0.29) is 5.69 Å². The lowest BCUT2D eigenvalue weighted by Crippen LogP contribution is -2.28. The molecule has 2 N–H and O–H groups in total. The molecular formula is C15H21N3O2. The Balaban J connectivity index is 1.98. The maximum atomic E-state index is 11.5. The highest BCUT2D eigenvalue weighted by Crippen LogP contribution is 2.30. The third-order valence-corrected chi connectivity index (χ3v) is 4.37. The molecule has 0 aromatic carbocycles. The average molecular weight is 275 g/mol. The first-order valence-electron chi connectivity index (χ1n) is 7.59. The monoisotopic (exact) mass is 275 g/mol. The number of aromatic carboxylic acids is 1. The van der Waals surface area contributed by atoms with Crippen LogP contribution in [0.1, 0.15) is 72.0 Å². The second-order valence-electron chi connectivity index (χ2n) is 5.78. The van der Waals surface area contributed by atoms with Gasteiger partial charge in [0.2, 0.25) is 0 Å². The summed E-state index contributed by atoms with van der Waals surface area (Å²) >= 11 is 0. The number of carboxylic acids is 1. The molecule has 2 aliphatic rings. The number of carboxylic acid groups (broad SMARTS) is 1. The Hall–Kier alpha value is -1.49. The van der Waals surface area contributed by atoms with Crippen molar-refractivity contribution in [2.75, 3.05) is 6.54 Å². The maximum Gasteiger partial charge on any atom is 0.354 e. The number of nitrogens with zero attached hydrogens (tertiary/aromatic N) is 2. The molecule has 0 atom stereocenters. The molecule has 2 heterocycles. The van der Waals surface area contributed by atoms with Crippen molar-refractivity contribution < 1.29 is 9.90 Å². The van der Waals surface area contributed by atoms with Crippen molar-refractivity contribution in [2.24, 2.45) is 0 Å². The van der Waals surface area contributed by atoms with Gasteiger partial charge in [0.15, 0.2) is 5.69 Å². The zero-order valence-corrected chi connectivity index (χ0v) is 11.7. The summed E-state index contributed by atoms with van der Waals surface area (Å²) in [6.45, 7) is 1.44. The zero-order valence-electron chi connectivity index (χ0n) is 11.7. The van der Waals surface area contributed by atoms with Crippen molar-refractivity contribution in [1.29, 1.82) is 0 Å². The first-order chi connectivity index (χ1) is 9.75. The molecule has 0 unspecified atom stereocenters. The van der Waals surface area contributed by atoms with E-state index < -0.39 is 5.97 Å². The minimum atomic E-state index is -0.928. The number of rotatable bonds is 2. The van der Waals surface area contributed by atoms with Gasteiger partial charge in [0.25, 0.3) is 0 Å². The van der Waals surface area contributed by atoms with Crippen molar-refractivity contribution in [1.82, 2.24) is 15.3 Å². The van der Waals surface area contributed by atoms with Crippen molar-refractivity contribution >= 4 is 5.97 Å². The van der Waals surface area contributed by atoms with Crippen molar-refractivity contribution in [3.05, 3.63) is 22.8 Å². The fraction of sp³-hybridized carbons (Fsp3) is 0.667. The third kappa shape index (κ3) is 2.68. The number of hydrogen-bond acceptors (Lipinski definition) is 4. The van der Waals surface area contributed by atoms with Gasteiger partial charge in [0.1, 0.15) is 5.82 Å². The summed E-state index contributed by atoms with van der Waals surface area (Å²) in [6.07, 6.45) is 7.95. The quantitative estimate of drug-likeness (QED) is 0.810. The minimum Gasteiger partial charge on any atom is -0.476 e. The fourth-order valence-electron chi connectivity index (χ4n) is 3.26. The van der Waals surface area contributed by atoms with Crippen LogP contribution in [0.4, 0.5) is 0 Å². The highest BCUT2D eigenvalue weighted by molar-refractivity contribution is 5.87. The Bertz CT molecular complexity index is 508.